The number of hydrogen-bond acceptors (Lipinski definition) is 3. The molecule has 0 aromatic heterocycles. The highest BCUT2D eigenvalue weighted by molar-refractivity contribution is 5.88. The fourth-order valence-electron chi connectivity index (χ4n) is 3.88. The Kier molecular flexibility index (Phi) is 9.47. The number of nitrogens with zero attached hydrogens (tertiary/aromatic N) is 1. The SMILES string of the molecule is Cc1cccc(OCC(=O)N(Cc2ccccc2C)C(Cc2ccccc2)C(=O)NCC(C)C)c1. The predicted molar refractivity (Wildman–Crippen MR) is 140 cm³/mol. The second-order valence-electron chi connectivity index (χ2n) is 9.40. The number of hydrogen-bond donors (Lipinski definition) is 1. The third-order valence-electron chi connectivity index (χ3n) is 5.91. The molecule has 0 spiro atoms. The molecule has 0 aliphatic carbocycles. The van der Waals surface area contributed by atoms with Crippen molar-refractivity contribution in [2.75, 3.05) is 13.2 Å². The molecule has 1 N–H and O–H groups in total. The van der Waals surface area contributed by atoms with Crippen molar-refractivity contribution in [3.05, 3.63) is 101 Å². The van der Waals surface area contributed by atoms with Crippen molar-refractivity contribution in [3.8, 4) is 5.75 Å². The van der Waals surface area contributed by atoms with E-state index >= 15 is 0 Å². The molecule has 3 rings (SSSR count). The lowest BCUT2D eigenvalue weighted by atomic mass is 10.0. The monoisotopic (exact) mass is 472 g/mol. The summed E-state index contributed by atoms with van der Waals surface area (Å²) in [5, 5.41) is 3.05. The Bertz CT molecular complexity index is 1110. The van der Waals surface area contributed by atoms with Gasteiger partial charge < -0.3 is 15.0 Å². The molecule has 2 amide bonds. The summed E-state index contributed by atoms with van der Waals surface area (Å²) in [6.07, 6.45) is 0.423. The normalized spacial score (nSPS) is 11.7. The minimum Gasteiger partial charge on any atom is -0.484 e. The van der Waals surface area contributed by atoms with E-state index < -0.39 is 6.04 Å². The van der Waals surface area contributed by atoms with Crippen LogP contribution in [0.3, 0.4) is 0 Å². The minimum atomic E-state index is -0.663. The fraction of sp³-hybridized carbons (Fsp3) is 0.333. The van der Waals surface area contributed by atoms with E-state index in [0.717, 1.165) is 22.3 Å². The summed E-state index contributed by atoms with van der Waals surface area (Å²) in [6.45, 7) is 8.85. The standard InChI is InChI=1S/C30H36N2O3/c1-22(2)19-31-30(34)28(18-25-13-6-5-7-14-25)32(20-26-15-9-8-12-24(26)4)29(33)21-35-27-16-10-11-23(3)17-27/h5-17,22,28H,18-21H2,1-4H3,(H,31,34). The Labute approximate surface area is 209 Å². The Balaban J connectivity index is 1.91. The third kappa shape index (κ3) is 7.99. The van der Waals surface area contributed by atoms with Crippen LogP contribution in [0.5, 0.6) is 5.75 Å². The lowest BCUT2D eigenvalue weighted by Gasteiger charge is -2.32. The molecule has 5 nitrogen and oxygen atoms in total. The average Bonchev–Trinajstić information content (AvgIpc) is 2.85. The summed E-state index contributed by atoms with van der Waals surface area (Å²) < 4.78 is 5.85. The topological polar surface area (TPSA) is 58.6 Å². The first-order chi connectivity index (χ1) is 16.8. The van der Waals surface area contributed by atoms with E-state index in [1.54, 1.807) is 4.90 Å². The molecule has 1 unspecified atom stereocenters. The molecule has 0 radical (unpaired) electrons. The molecule has 0 bridgehead atoms. The molecular weight excluding hydrogens is 436 g/mol. The molecule has 1 atom stereocenters. The van der Waals surface area contributed by atoms with Gasteiger partial charge in [-0.2, -0.15) is 0 Å². The molecule has 0 aliphatic rings. The number of rotatable bonds is 11. The van der Waals surface area contributed by atoms with Crippen LogP contribution >= 0.6 is 0 Å². The van der Waals surface area contributed by atoms with Gasteiger partial charge in [0.05, 0.1) is 0 Å². The van der Waals surface area contributed by atoms with Crippen LogP contribution in [0.15, 0.2) is 78.9 Å². The molecule has 0 saturated heterocycles. The highest BCUT2D eigenvalue weighted by Gasteiger charge is 2.31. The van der Waals surface area contributed by atoms with Crippen molar-refractivity contribution >= 4 is 11.8 Å². The van der Waals surface area contributed by atoms with Crippen LogP contribution in [0.4, 0.5) is 0 Å². The minimum absolute atomic E-state index is 0.141. The molecule has 0 saturated carbocycles. The summed E-state index contributed by atoms with van der Waals surface area (Å²) >= 11 is 0. The van der Waals surface area contributed by atoms with E-state index in [1.807, 2.05) is 92.7 Å². The van der Waals surface area contributed by atoms with Gasteiger partial charge in [0.2, 0.25) is 5.91 Å². The van der Waals surface area contributed by atoms with Gasteiger partial charge in [0, 0.05) is 19.5 Å². The quantitative estimate of drug-likeness (QED) is 0.423. The summed E-state index contributed by atoms with van der Waals surface area (Å²) in [6, 6.07) is 24.7. The van der Waals surface area contributed by atoms with Crippen molar-refractivity contribution in [1.82, 2.24) is 10.2 Å². The van der Waals surface area contributed by atoms with Crippen LogP contribution in [-0.2, 0) is 22.6 Å². The van der Waals surface area contributed by atoms with Gasteiger partial charge >= 0.3 is 0 Å². The first kappa shape index (κ1) is 26.0. The summed E-state index contributed by atoms with van der Waals surface area (Å²) in [7, 11) is 0. The van der Waals surface area contributed by atoms with Crippen LogP contribution in [0.2, 0.25) is 0 Å². The van der Waals surface area contributed by atoms with Gasteiger partial charge in [0.25, 0.3) is 5.91 Å². The Hall–Kier alpha value is -3.60. The van der Waals surface area contributed by atoms with E-state index in [4.69, 9.17) is 4.74 Å². The van der Waals surface area contributed by atoms with Gasteiger partial charge in [-0.15, -0.1) is 0 Å². The number of amides is 2. The van der Waals surface area contributed by atoms with Crippen LogP contribution in [-0.4, -0.2) is 35.9 Å². The van der Waals surface area contributed by atoms with Crippen LogP contribution in [0.25, 0.3) is 0 Å². The second-order valence-corrected chi connectivity index (χ2v) is 9.40. The van der Waals surface area contributed by atoms with Crippen LogP contribution in [0, 0.1) is 19.8 Å². The number of ether oxygens (including phenoxy) is 1. The zero-order chi connectivity index (χ0) is 25.2. The molecule has 3 aromatic carbocycles. The van der Waals surface area contributed by atoms with E-state index in [2.05, 4.69) is 19.2 Å². The van der Waals surface area contributed by atoms with E-state index in [1.165, 1.54) is 0 Å². The van der Waals surface area contributed by atoms with Gasteiger partial charge in [0.1, 0.15) is 11.8 Å². The van der Waals surface area contributed by atoms with Crippen molar-refractivity contribution in [2.45, 2.75) is 46.7 Å². The molecule has 0 fully saturated rings. The average molecular weight is 473 g/mol. The van der Waals surface area contributed by atoms with E-state index in [9.17, 15) is 9.59 Å². The van der Waals surface area contributed by atoms with Crippen LogP contribution in [0.1, 0.15) is 36.1 Å². The maximum Gasteiger partial charge on any atom is 0.261 e. The lowest BCUT2D eigenvalue weighted by molar-refractivity contribution is -0.142. The molecule has 5 heteroatoms. The Morgan fingerprint density at radius 3 is 2.31 bits per heavy atom. The molecule has 35 heavy (non-hydrogen) atoms. The Morgan fingerprint density at radius 1 is 0.914 bits per heavy atom. The maximum absolute atomic E-state index is 13.6. The first-order valence-electron chi connectivity index (χ1n) is 12.2. The third-order valence-corrected chi connectivity index (χ3v) is 5.91. The fourth-order valence-corrected chi connectivity index (χ4v) is 3.88. The highest BCUT2D eigenvalue weighted by Crippen LogP contribution is 2.18. The van der Waals surface area contributed by atoms with Gasteiger partial charge in [0.15, 0.2) is 6.61 Å². The zero-order valence-corrected chi connectivity index (χ0v) is 21.2. The zero-order valence-electron chi connectivity index (χ0n) is 21.2. The number of carbonyl (C=O) groups is 2. The first-order valence-corrected chi connectivity index (χ1v) is 12.2. The molecular formula is C30H36N2O3. The number of aryl methyl sites for hydroxylation is 2. The lowest BCUT2D eigenvalue weighted by Crippen LogP contribution is -2.52. The van der Waals surface area contributed by atoms with Crippen molar-refractivity contribution in [1.29, 1.82) is 0 Å². The van der Waals surface area contributed by atoms with Gasteiger partial charge in [-0.3, -0.25) is 9.59 Å². The predicted octanol–water partition coefficient (Wildman–Crippen LogP) is 5.09. The van der Waals surface area contributed by atoms with Gasteiger partial charge in [-0.05, 0) is 54.2 Å². The van der Waals surface area contributed by atoms with Gasteiger partial charge in [-0.1, -0.05) is 80.6 Å². The number of carbonyl (C=O) groups excluding carboxylic acids is 2. The largest absolute Gasteiger partial charge is 0.484 e. The van der Waals surface area contributed by atoms with Gasteiger partial charge in [-0.25, -0.2) is 0 Å². The molecule has 0 heterocycles. The van der Waals surface area contributed by atoms with Crippen molar-refractivity contribution < 1.29 is 14.3 Å². The van der Waals surface area contributed by atoms with E-state index in [-0.39, 0.29) is 18.4 Å². The number of nitrogens with one attached hydrogen (secondary N) is 1. The smallest absolute Gasteiger partial charge is 0.261 e. The number of benzene rings is 3. The molecule has 0 aliphatic heterocycles. The van der Waals surface area contributed by atoms with E-state index in [0.29, 0.717) is 31.2 Å². The van der Waals surface area contributed by atoms with Crippen LogP contribution < -0.4 is 10.1 Å². The van der Waals surface area contributed by atoms with Crippen molar-refractivity contribution in [2.24, 2.45) is 5.92 Å². The maximum atomic E-state index is 13.6. The molecule has 184 valence electrons. The second kappa shape index (κ2) is 12.7. The molecule has 3 aromatic rings. The summed E-state index contributed by atoms with van der Waals surface area (Å²) in [4.78, 5) is 28.7. The Morgan fingerprint density at radius 2 is 1.63 bits per heavy atom. The van der Waals surface area contributed by atoms with Crippen molar-refractivity contribution in [3.63, 3.8) is 0 Å². The summed E-state index contributed by atoms with van der Waals surface area (Å²) in [5.41, 5.74) is 4.14. The highest BCUT2D eigenvalue weighted by atomic mass is 16.5. The summed E-state index contributed by atoms with van der Waals surface area (Å²) in [5.74, 6) is 0.565.